The quantitative estimate of drug-likeness (QED) is 0.822. The van der Waals surface area contributed by atoms with E-state index < -0.39 is 13.2 Å². The summed E-state index contributed by atoms with van der Waals surface area (Å²) in [5.41, 5.74) is 0.794. The van der Waals surface area contributed by atoms with Crippen molar-refractivity contribution in [1.29, 1.82) is 0 Å². The van der Waals surface area contributed by atoms with Crippen molar-refractivity contribution in [2.24, 2.45) is 0 Å². The van der Waals surface area contributed by atoms with Gasteiger partial charge in [-0.25, -0.2) is 4.79 Å². The Labute approximate surface area is 154 Å². The van der Waals surface area contributed by atoms with Crippen LogP contribution in [0.1, 0.15) is 52.1 Å². The first kappa shape index (κ1) is 17.8. The Morgan fingerprint density at radius 1 is 1.12 bits per heavy atom. The second-order valence-electron chi connectivity index (χ2n) is 8.66. The smallest absolute Gasteiger partial charge is 0.465 e. The van der Waals surface area contributed by atoms with Gasteiger partial charge in [0.15, 0.2) is 0 Å². The maximum Gasteiger partial charge on any atom is 0.494 e. The SMILES string of the molecule is CC1(C)OB(c2ccc(C3COCC4(CC4)N3C(=O)O)cc2)OC1(C)C. The number of benzene rings is 1. The zero-order valence-electron chi connectivity index (χ0n) is 15.8. The molecule has 4 rings (SSSR count). The molecule has 3 aliphatic rings. The average molecular weight is 359 g/mol. The number of hydrogen-bond donors (Lipinski definition) is 1. The summed E-state index contributed by atoms with van der Waals surface area (Å²) in [6.07, 6.45) is 0.884. The molecule has 1 unspecified atom stereocenters. The highest BCUT2D eigenvalue weighted by Crippen LogP contribution is 2.48. The monoisotopic (exact) mass is 359 g/mol. The summed E-state index contributed by atoms with van der Waals surface area (Å²) >= 11 is 0. The van der Waals surface area contributed by atoms with Crippen molar-refractivity contribution in [2.45, 2.75) is 63.3 Å². The van der Waals surface area contributed by atoms with E-state index in [1.54, 1.807) is 4.90 Å². The Kier molecular flexibility index (Phi) is 3.92. The van der Waals surface area contributed by atoms with Gasteiger partial charge >= 0.3 is 13.2 Å². The Bertz CT molecular complexity index is 697. The number of carbonyl (C=O) groups is 1. The van der Waals surface area contributed by atoms with Crippen molar-refractivity contribution in [3.63, 3.8) is 0 Å². The maximum absolute atomic E-state index is 11.8. The Morgan fingerprint density at radius 2 is 1.69 bits per heavy atom. The lowest BCUT2D eigenvalue weighted by Gasteiger charge is -2.41. The van der Waals surface area contributed by atoms with E-state index in [4.69, 9.17) is 14.0 Å². The van der Waals surface area contributed by atoms with Crippen molar-refractivity contribution in [1.82, 2.24) is 4.90 Å². The molecule has 140 valence electrons. The van der Waals surface area contributed by atoms with Crippen LogP contribution in [0.2, 0.25) is 0 Å². The van der Waals surface area contributed by atoms with Gasteiger partial charge in [-0.3, -0.25) is 4.90 Å². The Balaban J connectivity index is 1.56. The van der Waals surface area contributed by atoms with Gasteiger partial charge < -0.3 is 19.2 Å². The third-order valence-electron chi connectivity index (χ3n) is 6.35. The van der Waals surface area contributed by atoms with Crippen LogP contribution in [0, 0.1) is 0 Å². The zero-order valence-corrected chi connectivity index (χ0v) is 15.8. The minimum absolute atomic E-state index is 0.268. The summed E-state index contributed by atoms with van der Waals surface area (Å²) in [6.45, 7) is 9.01. The van der Waals surface area contributed by atoms with Gasteiger partial charge in [-0.15, -0.1) is 0 Å². The highest BCUT2D eigenvalue weighted by molar-refractivity contribution is 6.62. The molecule has 1 atom stereocenters. The molecule has 1 aromatic rings. The summed E-state index contributed by atoms with van der Waals surface area (Å²) in [6, 6.07) is 7.59. The van der Waals surface area contributed by atoms with Crippen LogP contribution in [0.15, 0.2) is 24.3 Å². The molecule has 2 heterocycles. The van der Waals surface area contributed by atoms with E-state index in [1.807, 2.05) is 52.0 Å². The molecular formula is C19H26BNO5. The van der Waals surface area contributed by atoms with Gasteiger partial charge in [0.1, 0.15) is 0 Å². The molecule has 2 aliphatic heterocycles. The number of ether oxygens (including phenoxy) is 1. The minimum atomic E-state index is -0.870. The van der Waals surface area contributed by atoms with Gasteiger partial charge in [-0.2, -0.15) is 0 Å². The molecule has 0 aromatic heterocycles. The molecular weight excluding hydrogens is 333 g/mol. The molecule has 1 saturated carbocycles. The number of hydrogen-bond acceptors (Lipinski definition) is 4. The number of morpholine rings is 1. The first-order valence-corrected chi connectivity index (χ1v) is 9.21. The maximum atomic E-state index is 11.8. The van der Waals surface area contributed by atoms with Gasteiger partial charge in [0.05, 0.1) is 36.0 Å². The highest BCUT2D eigenvalue weighted by atomic mass is 16.7. The molecule has 1 amide bonds. The van der Waals surface area contributed by atoms with Gasteiger partial charge in [-0.1, -0.05) is 24.3 Å². The lowest BCUT2D eigenvalue weighted by Crippen LogP contribution is -2.52. The second-order valence-corrected chi connectivity index (χ2v) is 8.66. The van der Waals surface area contributed by atoms with Crippen LogP contribution in [-0.4, -0.2) is 53.2 Å². The van der Waals surface area contributed by atoms with E-state index in [1.165, 1.54) is 0 Å². The summed E-state index contributed by atoms with van der Waals surface area (Å²) < 4.78 is 17.9. The normalized spacial score (nSPS) is 28.4. The van der Waals surface area contributed by atoms with E-state index in [-0.39, 0.29) is 22.8 Å². The molecule has 6 nitrogen and oxygen atoms in total. The van der Waals surface area contributed by atoms with Gasteiger partial charge in [0.2, 0.25) is 0 Å². The topological polar surface area (TPSA) is 68.2 Å². The Hall–Kier alpha value is -1.57. The van der Waals surface area contributed by atoms with Crippen LogP contribution >= 0.6 is 0 Å². The van der Waals surface area contributed by atoms with Crippen molar-refractivity contribution >= 4 is 18.7 Å². The molecule has 3 fully saturated rings. The van der Waals surface area contributed by atoms with E-state index in [0.717, 1.165) is 23.9 Å². The number of carboxylic acid groups (broad SMARTS) is 1. The summed E-state index contributed by atoms with van der Waals surface area (Å²) in [5.74, 6) is 0. The molecule has 1 aliphatic carbocycles. The fourth-order valence-corrected chi connectivity index (χ4v) is 3.80. The van der Waals surface area contributed by atoms with Gasteiger partial charge in [0, 0.05) is 0 Å². The van der Waals surface area contributed by atoms with E-state index in [2.05, 4.69) is 0 Å². The molecule has 1 aromatic carbocycles. The predicted octanol–water partition coefficient (Wildman–Crippen LogP) is 2.57. The van der Waals surface area contributed by atoms with Crippen LogP contribution in [0.3, 0.4) is 0 Å². The average Bonchev–Trinajstić information content (AvgIpc) is 3.27. The minimum Gasteiger partial charge on any atom is -0.465 e. The number of rotatable bonds is 2. The molecule has 7 heteroatoms. The lowest BCUT2D eigenvalue weighted by atomic mass is 9.78. The molecule has 2 saturated heterocycles. The van der Waals surface area contributed by atoms with Crippen molar-refractivity contribution in [2.75, 3.05) is 13.2 Å². The van der Waals surface area contributed by atoms with Crippen LogP contribution < -0.4 is 5.46 Å². The van der Waals surface area contributed by atoms with E-state index >= 15 is 0 Å². The van der Waals surface area contributed by atoms with Crippen LogP contribution in [-0.2, 0) is 14.0 Å². The summed E-state index contributed by atoms with van der Waals surface area (Å²) in [5, 5.41) is 9.72. The van der Waals surface area contributed by atoms with Crippen molar-refractivity contribution in [3.8, 4) is 0 Å². The third kappa shape index (κ3) is 2.73. The van der Waals surface area contributed by atoms with Gasteiger partial charge in [-0.05, 0) is 51.6 Å². The lowest BCUT2D eigenvalue weighted by molar-refractivity contribution is -0.0498. The molecule has 26 heavy (non-hydrogen) atoms. The highest BCUT2D eigenvalue weighted by Gasteiger charge is 2.56. The van der Waals surface area contributed by atoms with E-state index in [0.29, 0.717) is 13.2 Å². The Morgan fingerprint density at radius 3 is 2.19 bits per heavy atom. The zero-order chi connectivity index (χ0) is 18.7. The van der Waals surface area contributed by atoms with Crippen LogP contribution in [0.5, 0.6) is 0 Å². The molecule has 0 bridgehead atoms. The van der Waals surface area contributed by atoms with Crippen molar-refractivity contribution in [3.05, 3.63) is 29.8 Å². The summed E-state index contributed by atoms with van der Waals surface area (Å²) in [7, 11) is -0.415. The second kappa shape index (κ2) is 5.71. The van der Waals surface area contributed by atoms with Crippen molar-refractivity contribution < 1.29 is 23.9 Å². The molecule has 1 spiro atoms. The van der Waals surface area contributed by atoms with E-state index in [9.17, 15) is 9.90 Å². The number of amides is 1. The molecule has 0 radical (unpaired) electrons. The van der Waals surface area contributed by atoms with Gasteiger partial charge in [0.25, 0.3) is 0 Å². The molecule has 1 N–H and O–H groups in total. The number of nitrogens with zero attached hydrogens (tertiary/aromatic N) is 1. The third-order valence-corrected chi connectivity index (χ3v) is 6.35. The summed E-state index contributed by atoms with van der Waals surface area (Å²) in [4.78, 5) is 13.4. The first-order chi connectivity index (χ1) is 12.2. The predicted molar refractivity (Wildman–Crippen MR) is 97.5 cm³/mol. The van der Waals surface area contributed by atoms with Crippen LogP contribution in [0.25, 0.3) is 0 Å². The largest absolute Gasteiger partial charge is 0.494 e. The fourth-order valence-electron chi connectivity index (χ4n) is 3.80. The first-order valence-electron chi connectivity index (χ1n) is 9.21. The standard InChI is InChI=1S/C19H26BNO5/c1-17(2)18(3,4)26-20(25-17)14-7-5-13(6-8-14)15-11-24-12-19(9-10-19)21(15)16(22)23/h5-8,15H,9-12H2,1-4H3,(H,22,23). The van der Waals surface area contributed by atoms with Crippen LogP contribution in [0.4, 0.5) is 4.79 Å². The fraction of sp³-hybridized carbons (Fsp3) is 0.632.